The Morgan fingerprint density at radius 3 is 2.20 bits per heavy atom. The quantitative estimate of drug-likeness (QED) is 0.314. The Morgan fingerprint density at radius 2 is 1.65 bits per heavy atom. The molecule has 0 aromatic heterocycles. The van der Waals surface area contributed by atoms with Crippen molar-refractivity contribution in [1.29, 1.82) is 0 Å². The molecule has 12 nitrogen and oxygen atoms in total. The van der Waals surface area contributed by atoms with E-state index in [2.05, 4.69) is 10.6 Å². The highest BCUT2D eigenvalue weighted by atomic mass is 19.4. The molecule has 2 fully saturated rings. The third-order valence-electron chi connectivity index (χ3n) is 7.60. The molecule has 2 N–H and O–H groups in total. The first-order valence-corrected chi connectivity index (χ1v) is 14.5. The van der Waals surface area contributed by atoms with Crippen molar-refractivity contribution in [2.45, 2.75) is 52.1 Å². The van der Waals surface area contributed by atoms with Crippen LogP contribution in [-0.2, 0) is 36.6 Å². The first-order valence-electron chi connectivity index (χ1n) is 14.5. The second-order valence-corrected chi connectivity index (χ2v) is 11.9. The smallest absolute Gasteiger partial charge is 0.416 e. The lowest BCUT2D eigenvalue weighted by Gasteiger charge is -2.38. The van der Waals surface area contributed by atoms with Gasteiger partial charge >= 0.3 is 24.2 Å². The fourth-order valence-corrected chi connectivity index (χ4v) is 5.10. The lowest BCUT2D eigenvalue weighted by atomic mass is 9.98. The summed E-state index contributed by atoms with van der Waals surface area (Å²) in [6, 6.07) is 7.25. The van der Waals surface area contributed by atoms with Crippen LogP contribution in [0.25, 0.3) is 0 Å². The summed E-state index contributed by atoms with van der Waals surface area (Å²) in [7, 11) is 1.12. The number of imide groups is 1. The molecule has 0 saturated carbocycles. The molecule has 0 spiro atoms. The zero-order valence-electron chi connectivity index (χ0n) is 26.1. The van der Waals surface area contributed by atoms with Gasteiger partial charge in [0.15, 0.2) is 6.04 Å². The number of urea groups is 2. The Balaban J connectivity index is 1.68. The maximum absolute atomic E-state index is 13.8. The Hall–Kier alpha value is -4.66. The molecular formula is C31H36F3N5O7. The number of anilines is 2. The monoisotopic (exact) mass is 647 g/mol. The molecular weight excluding hydrogens is 611 g/mol. The van der Waals surface area contributed by atoms with E-state index in [1.807, 2.05) is 0 Å². The van der Waals surface area contributed by atoms with Gasteiger partial charge in [0, 0.05) is 31.0 Å². The molecule has 0 aliphatic carbocycles. The molecule has 2 aliphatic rings. The molecule has 2 unspecified atom stereocenters. The first kappa shape index (κ1) is 34.2. The number of nitrogens with one attached hydrogen (secondary N) is 2. The standard InChI is InChI=1S/C31H36F3N5O7/c1-18-19(7-6-8-23(18)31(32,33)34)15-39-26(41)22(25(40)36-24(27(42)45-5)17-46-30(2,3)4)16-38(29(39)44)21-11-9-20(10-12-21)37-14-13-35-28(37)43/h6-12,22,24H,13-17H2,1-5H3,(H,35,43)(H,36,40). The van der Waals surface area contributed by atoms with Gasteiger partial charge < -0.3 is 20.1 Å². The van der Waals surface area contributed by atoms with Crippen molar-refractivity contribution in [3.63, 3.8) is 0 Å². The molecule has 2 aromatic rings. The zero-order valence-corrected chi connectivity index (χ0v) is 26.1. The lowest BCUT2D eigenvalue weighted by Crippen LogP contribution is -2.61. The highest BCUT2D eigenvalue weighted by Gasteiger charge is 2.45. The van der Waals surface area contributed by atoms with E-state index in [1.54, 1.807) is 32.9 Å². The van der Waals surface area contributed by atoms with Gasteiger partial charge in [0.25, 0.3) is 0 Å². The van der Waals surface area contributed by atoms with Gasteiger partial charge in [0.2, 0.25) is 11.8 Å². The van der Waals surface area contributed by atoms with Crippen LogP contribution >= 0.6 is 0 Å². The van der Waals surface area contributed by atoms with E-state index in [4.69, 9.17) is 9.47 Å². The van der Waals surface area contributed by atoms with Crippen LogP contribution < -0.4 is 20.4 Å². The molecule has 2 aliphatic heterocycles. The summed E-state index contributed by atoms with van der Waals surface area (Å²) in [5.74, 6) is -4.24. The minimum atomic E-state index is -4.67. The average Bonchev–Trinajstić information content (AvgIpc) is 3.42. The van der Waals surface area contributed by atoms with Crippen LogP contribution in [0.1, 0.15) is 37.5 Å². The predicted molar refractivity (Wildman–Crippen MR) is 160 cm³/mol. The highest BCUT2D eigenvalue weighted by molar-refractivity contribution is 6.13. The van der Waals surface area contributed by atoms with E-state index in [9.17, 15) is 37.1 Å². The van der Waals surface area contributed by atoms with Gasteiger partial charge in [-0.3, -0.25) is 24.3 Å². The molecule has 0 bridgehead atoms. The summed E-state index contributed by atoms with van der Waals surface area (Å²) in [5.41, 5.74) is -0.905. The number of esters is 1. The Morgan fingerprint density at radius 1 is 1.02 bits per heavy atom. The number of amides is 6. The number of nitrogens with zero attached hydrogens (tertiary/aromatic N) is 3. The number of carbonyl (C=O) groups is 5. The van der Waals surface area contributed by atoms with Gasteiger partial charge in [-0.15, -0.1) is 0 Å². The number of hydrogen-bond acceptors (Lipinski definition) is 7. The molecule has 0 radical (unpaired) electrons. The molecule has 248 valence electrons. The number of benzene rings is 2. The van der Waals surface area contributed by atoms with Crippen molar-refractivity contribution >= 4 is 41.2 Å². The molecule has 15 heteroatoms. The van der Waals surface area contributed by atoms with Crippen molar-refractivity contribution in [2.75, 3.05) is 43.2 Å². The molecule has 6 amide bonds. The predicted octanol–water partition coefficient (Wildman–Crippen LogP) is 3.60. The second-order valence-electron chi connectivity index (χ2n) is 11.9. The van der Waals surface area contributed by atoms with Crippen molar-refractivity contribution < 1.29 is 46.6 Å². The van der Waals surface area contributed by atoms with Crippen molar-refractivity contribution in [2.24, 2.45) is 5.92 Å². The minimum Gasteiger partial charge on any atom is -0.467 e. The summed E-state index contributed by atoms with van der Waals surface area (Å²) < 4.78 is 51.4. The van der Waals surface area contributed by atoms with E-state index in [-0.39, 0.29) is 29.5 Å². The van der Waals surface area contributed by atoms with Crippen LogP contribution in [0.3, 0.4) is 0 Å². The SMILES string of the molecule is COC(=O)C(COC(C)(C)C)NC(=O)C1CN(c2ccc(N3CCNC3=O)cc2)C(=O)N(Cc2cccc(C(F)(F)F)c2C)C1=O. The molecule has 2 heterocycles. The van der Waals surface area contributed by atoms with Gasteiger partial charge in [0.1, 0.15) is 5.92 Å². The number of hydrogen-bond donors (Lipinski definition) is 2. The van der Waals surface area contributed by atoms with Crippen LogP contribution in [-0.4, -0.2) is 79.7 Å². The van der Waals surface area contributed by atoms with Gasteiger partial charge in [-0.2, -0.15) is 13.2 Å². The molecule has 2 atom stereocenters. The number of alkyl halides is 3. The van der Waals surface area contributed by atoms with Crippen LogP contribution in [0.5, 0.6) is 0 Å². The molecule has 2 saturated heterocycles. The zero-order chi connectivity index (χ0) is 34.0. The first-order chi connectivity index (χ1) is 21.5. The molecule has 2 aromatic carbocycles. The number of carbonyl (C=O) groups excluding carboxylic acids is 5. The van der Waals surface area contributed by atoms with Crippen molar-refractivity contribution in [3.8, 4) is 0 Å². The fourth-order valence-electron chi connectivity index (χ4n) is 5.10. The summed E-state index contributed by atoms with van der Waals surface area (Å²) in [4.78, 5) is 69.1. The maximum atomic E-state index is 13.8. The second kappa shape index (κ2) is 13.4. The van der Waals surface area contributed by atoms with Crippen molar-refractivity contribution in [1.82, 2.24) is 15.5 Å². The maximum Gasteiger partial charge on any atom is 0.416 e. The average molecular weight is 648 g/mol. The van der Waals surface area contributed by atoms with Crippen molar-refractivity contribution in [3.05, 3.63) is 59.2 Å². The Labute approximate surface area is 263 Å². The van der Waals surface area contributed by atoms with E-state index < -0.39 is 66.2 Å². The van der Waals surface area contributed by atoms with Gasteiger partial charge in [-0.1, -0.05) is 12.1 Å². The molecule has 46 heavy (non-hydrogen) atoms. The third kappa shape index (κ3) is 7.58. The largest absolute Gasteiger partial charge is 0.467 e. The lowest BCUT2D eigenvalue weighted by molar-refractivity contribution is -0.151. The Kier molecular flexibility index (Phi) is 9.94. The van der Waals surface area contributed by atoms with E-state index >= 15 is 0 Å². The number of rotatable bonds is 9. The van der Waals surface area contributed by atoms with E-state index in [0.29, 0.717) is 18.8 Å². The highest BCUT2D eigenvalue weighted by Crippen LogP contribution is 2.34. The third-order valence-corrected chi connectivity index (χ3v) is 7.60. The van der Waals surface area contributed by atoms with E-state index in [1.165, 1.54) is 36.1 Å². The summed E-state index contributed by atoms with van der Waals surface area (Å²) in [6.07, 6.45) is -4.67. The van der Waals surface area contributed by atoms with Crippen LogP contribution in [0.4, 0.5) is 34.1 Å². The van der Waals surface area contributed by atoms with Crippen LogP contribution in [0, 0.1) is 12.8 Å². The minimum absolute atomic E-state index is 0.0546. The molecule has 4 rings (SSSR count). The Bertz CT molecular complexity index is 1510. The summed E-state index contributed by atoms with van der Waals surface area (Å²) >= 11 is 0. The fraction of sp³-hybridized carbons (Fsp3) is 0.452. The normalized spacial score (nSPS) is 18.0. The van der Waals surface area contributed by atoms with Gasteiger partial charge in [-0.25, -0.2) is 14.4 Å². The van der Waals surface area contributed by atoms with Gasteiger partial charge in [-0.05, 0) is 69.2 Å². The van der Waals surface area contributed by atoms with E-state index in [0.717, 1.165) is 23.0 Å². The number of ether oxygens (including phenoxy) is 2. The van der Waals surface area contributed by atoms with Gasteiger partial charge in [0.05, 0.1) is 31.4 Å². The topological polar surface area (TPSA) is 138 Å². The summed E-state index contributed by atoms with van der Waals surface area (Å²) in [6.45, 7) is 6.10. The number of methoxy groups -OCH3 is 1. The summed E-state index contributed by atoms with van der Waals surface area (Å²) in [5, 5.41) is 5.17. The van der Waals surface area contributed by atoms with Crippen LogP contribution in [0.15, 0.2) is 42.5 Å². The number of halogens is 3. The van der Waals surface area contributed by atoms with Crippen LogP contribution in [0.2, 0.25) is 0 Å².